The molecule has 3 aliphatic heterocycles. The van der Waals surface area contributed by atoms with Crippen molar-refractivity contribution in [3.05, 3.63) is 0 Å². The maximum absolute atomic E-state index is 12.0. The molecule has 2 bridgehead atoms. The molecule has 78 valence electrons. The third-order valence-corrected chi connectivity index (χ3v) is 6.88. The first kappa shape index (κ1) is 10.2. The van der Waals surface area contributed by atoms with Crippen LogP contribution in [0.15, 0.2) is 0 Å². The molecular formula is C8H12N2O2S2. The molecule has 0 aromatic rings. The number of fused-ring (bicyclic) bond motifs is 3. The zero-order chi connectivity index (χ0) is 10.7. The molecule has 3 rings (SSSR count). The fourth-order valence-corrected chi connectivity index (χ4v) is 4.84. The molecule has 0 N–H and O–H groups in total. The van der Waals surface area contributed by atoms with Crippen LogP contribution >= 0.6 is 21.6 Å². The molecule has 0 saturated carbocycles. The summed E-state index contributed by atoms with van der Waals surface area (Å²) >= 11 is 0. The Morgan fingerprint density at radius 2 is 1.21 bits per heavy atom. The van der Waals surface area contributed by atoms with Crippen molar-refractivity contribution in [1.82, 2.24) is 9.80 Å². The monoisotopic (exact) mass is 232 g/mol. The number of rotatable bonds is 0. The highest BCUT2D eigenvalue weighted by Gasteiger charge is 2.63. The Morgan fingerprint density at radius 3 is 1.50 bits per heavy atom. The summed E-state index contributed by atoms with van der Waals surface area (Å²) in [5.41, 5.74) is 0. The van der Waals surface area contributed by atoms with Crippen LogP contribution in [0.3, 0.4) is 0 Å². The number of carbonyl (C=O) groups is 2. The molecule has 0 aromatic heterocycles. The van der Waals surface area contributed by atoms with Crippen LogP contribution in [0.4, 0.5) is 0 Å². The van der Waals surface area contributed by atoms with E-state index in [2.05, 4.69) is 0 Å². The minimum absolute atomic E-state index is 0.00542. The molecule has 0 unspecified atom stereocenters. The van der Waals surface area contributed by atoms with Gasteiger partial charge < -0.3 is 9.80 Å². The summed E-state index contributed by atoms with van der Waals surface area (Å²) in [7, 11) is 6.32. The third kappa shape index (κ3) is 0.883. The summed E-state index contributed by atoms with van der Waals surface area (Å²) in [6, 6.07) is 0. The molecule has 2 atom stereocenters. The van der Waals surface area contributed by atoms with E-state index in [9.17, 15) is 9.59 Å². The third-order valence-electron chi connectivity index (χ3n) is 3.05. The molecule has 6 heteroatoms. The zero-order valence-corrected chi connectivity index (χ0v) is 10.2. The van der Waals surface area contributed by atoms with Crippen molar-refractivity contribution in [2.24, 2.45) is 0 Å². The average molecular weight is 232 g/mol. The van der Waals surface area contributed by atoms with Crippen LogP contribution in [0.1, 0.15) is 13.8 Å². The van der Waals surface area contributed by atoms with E-state index in [-0.39, 0.29) is 11.8 Å². The highest BCUT2D eigenvalue weighted by molar-refractivity contribution is 8.78. The molecule has 0 aliphatic carbocycles. The van der Waals surface area contributed by atoms with E-state index in [1.807, 2.05) is 0 Å². The molecule has 2 amide bonds. The summed E-state index contributed by atoms with van der Waals surface area (Å²) in [6.07, 6.45) is 0. The molecule has 0 spiro atoms. The molecule has 3 heterocycles. The number of carbonyl (C=O) groups excluding carboxylic acids is 2. The van der Waals surface area contributed by atoms with Crippen molar-refractivity contribution in [1.29, 1.82) is 0 Å². The van der Waals surface area contributed by atoms with Gasteiger partial charge in [-0.2, -0.15) is 0 Å². The van der Waals surface area contributed by atoms with E-state index in [4.69, 9.17) is 0 Å². The lowest BCUT2D eigenvalue weighted by Crippen LogP contribution is -2.73. The predicted octanol–water partition coefficient (Wildman–Crippen LogP) is 0.744. The first-order valence-corrected chi connectivity index (χ1v) is 6.42. The van der Waals surface area contributed by atoms with E-state index < -0.39 is 9.74 Å². The average Bonchev–Trinajstić information content (AvgIpc) is 2.16. The lowest BCUT2D eigenvalue weighted by molar-refractivity contribution is -0.161. The standard InChI is InChI=1S/C8H12N2O2S2/c1-7-5(11)10(4)8(2,14-13-7)6(12)9(7)3/h1-4H3/t7-,8+. The highest BCUT2D eigenvalue weighted by Crippen LogP contribution is 2.57. The van der Waals surface area contributed by atoms with E-state index >= 15 is 0 Å². The van der Waals surface area contributed by atoms with Crippen molar-refractivity contribution in [2.45, 2.75) is 23.6 Å². The van der Waals surface area contributed by atoms with Gasteiger partial charge in [-0.3, -0.25) is 9.59 Å². The second-order valence-electron chi connectivity index (χ2n) is 3.86. The van der Waals surface area contributed by atoms with Gasteiger partial charge in [0.2, 0.25) is 0 Å². The Balaban J connectivity index is 2.54. The topological polar surface area (TPSA) is 40.6 Å². The Kier molecular flexibility index (Phi) is 1.89. The SMILES string of the molecule is CN1C(=O)[C@@]2(C)SS[C@@]1(C)C(=O)N2C. The molecule has 14 heavy (non-hydrogen) atoms. The first-order chi connectivity index (χ1) is 6.34. The van der Waals surface area contributed by atoms with Gasteiger partial charge in [-0.25, -0.2) is 0 Å². The molecule has 3 saturated heterocycles. The van der Waals surface area contributed by atoms with Gasteiger partial charge in [0.05, 0.1) is 0 Å². The highest BCUT2D eigenvalue weighted by atomic mass is 33.1. The largest absolute Gasteiger partial charge is 0.319 e. The minimum Gasteiger partial charge on any atom is -0.319 e. The summed E-state index contributed by atoms with van der Waals surface area (Å²) in [5.74, 6) is 0.0108. The molecule has 3 fully saturated rings. The number of hydrogen-bond donors (Lipinski definition) is 0. The lowest BCUT2D eigenvalue weighted by Gasteiger charge is -2.56. The van der Waals surface area contributed by atoms with Crippen molar-refractivity contribution >= 4 is 33.4 Å². The van der Waals surface area contributed by atoms with Gasteiger partial charge in [-0.05, 0) is 13.8 Å². The van der Waals surface area contributed by atoms with Crippen LogP contribution in [0.25, 0.3) is 0 Å². The molecule has 0 radical (unpaired) electrons. The Morgan fingerprint density at radius 1 is 0.929 bits per heavy atom. The Bertz CT molecular complexity index is 303. The van der Waals surface area contributed by atoms with Gasteiger partial charge in [-0.1, -0.05) is 21.6 Å². The lowest BCUT2D eigenvalue weighted by atomic mass is 10.1. The van der Waals surface area contributed by atoms with Crippen LogP contribution in [0, 0.1) is 0 Å². The molecule has 4 nitrogen and oxygen atoms in total. The van der Waals surface area contributed by atoms with Crippen molar-refractivity contribution in [3.63, 3.8) is 0 Å². The fourth-order valence-electron chi connectivity index (χ4n) is 1.64. The van der Waals surface area contributed by atoms with E-state index in [1.165, 1.54) is 21.6 Å². The van der Waals surface area contributed by atoms with Gasteiger partial charge in [0.25, 0.3) is 11.8 Å². The number of piperazine rings is 1. The van der Waals surface area contributed by atoms with Crippen LogP contribution in [-0.4, -0.2) is 45.5 Å². The second kappa shape index (κ2) is 2.61. The minimum atomic E-state index is -0.728. The number of likely N-dealkylation sites (N-methyl/N-ethyl adjacent to an activating group) is 2. The maximum Gasteiger partial charge on any atom is 0.260 e. The molecule has 0 aromatic carbocycles. The number of amides is 2. The predicted molar refractivity (Wildman–Crippen MR) is 57.5 cm³/mol. The van der Waals surface area contributed by atoms with Gasteiger partial charge in [-0.15, -0.1) is 0 Å². The van der Waals surface area contributed by atoms with Crippen LogP contribution in [-0.2, 0) is 9.59 Å². The first-order valence-electron chi connectivity index (χ1n) is 4.27. The van der Waals surface area contributed by atoms with E-state index in [1.54, 1.807) is 37.7 Å². The van der Waals surface area contributed by atoms with Crippen LogP contribution in [0.5, 0.6) is 0 Å². The van der Waals surface area contributed by atoms with E-state index in [0.717, 1.165) is 0 Å². The van der Waals surface area contributed by atoms with Gasteiger partial charge in [0.15, 0.2) is 9.74 Å². The van der Waals surface area contributed by atoms with E-state index in [0.29, 0.717) is 0 Å². The summed E-state index contributed by atoms with van der Waals surface area (Å²) in [6.45, 7) is 3.58. The van der Waals surface area contributed by atoms with Crippen LogP contribution < -0.4 is 0 Å². The summed E-state index contributed by atoms with van der Waals surface area (Å²) in [4.78, 5) is 25.6. The normalized spacial score (nSPS) is 42.3. The zero-order valence-electron chi connectivity index (χ0n) is 8.53. The summed E-state index contributed by atoms with van der Waals surface area (Å²) in [5, 5.41) is 0. The number of hydrogen-bond acceptors (Lipinski definition) is 4. The second-order valence-corrected chi connectivity index (χ2v) is 6.78. The Hall–Kier alpha value is -0.360. The molecule has 3 aliphatic rings. The van der Waals surface area contributed by atoms with Gasteiger partial charge in [0.1, 0.15) is 0 Å². The maximum atomic E-state index is 12.0. The van der Waals surface area contributed by atoms with Crippen LogP contribution in [0.2, 0.25) is 0 Å². The number of nitrogens with zero attached hydrogens (tertiary/aromatic N) is 2. The Labute approximate surface area is 90.8 Å². The van der Waals surface area contributed by atoms with Gasteiger partial charge >= 0.3 is 0 Å². The van der Waals surface area contributed by atoms with Crippen molar-refractivity contribution < 1.29 is 9.59 Å². The molecular weight excluding hydrogens is 220 g/mol. The summed E-state index contributed by atoms with van der Waals surface area (Å²) < 4.78 is 0. The quantitative estimate of drug-likeness (QED) is 0.578. The van der Waals surface area contributed by atoms with Crippen molar-refractivity contribution in [3.8, 4) is 0 Å². The van der Waals surface area contributed by atoms with Crippen molar-refractivity contribution in [2.75, 3.05) is 14.1 Å². The smallest absolute Gasteiger partial charge is 0.260 e. The van der Waals surface area contributed by atoms with Gasteiger partial charge in [0, 0.05) is 14.1 Å². The fraction of sp³-hybridized carbons (Fsp3) is 0.750.